The maximum absolute atomic E-state index is 12.7. The minimum atomic E-state index is -1.02. The van der Waals surface area contributed by atoms with E-state index in [9.17, 15) is 14.4 Å². The van der Waals surface area contributed by atoms with E-state index >= 15 is 0 Å². The molecule has 0 spiro atoms. The standard InChI is InChI=1S/C47H87NO5/c1-3-5-7-9-11-13-14-15-16-17-18-19-20-21-22-23-24-25-26-28-34-38-42-47(52)53-44(39-35-31-27-12-10-8-6-4-2)40-36-32-29-30-33-37-41-45(49)48-43-46(50)51/h12,27,35,39,44H,3-11,13-26,28-34,36-38,40-43H2,1-2H3,(H,48,49)(H,50,51)/b27-12-,39-35-. The Morgan fingerprint density at radius 2 is 0.925 bits per heavy atom. The molecule has 0 saturated heterocycles. The van der Waals surface area contributed by atoms with E-state index in [0.29, 0.717) is 12.8 Å². The summed E-state index contributed by atoms with van der Waals surface area (Å²) in [6.07, 6.45) is 52.0. The highest BCUT2D eigenvalue weighted by Crippen LogP contribution is 2.17. The van der Waals surface area contributed by atoms with Gasteiger partial charge in [0.1, 0.15) is 12.6 Å². The van der Waals surface area contributed by atoms with Crippen molar-refractivity contribution >= 4 is 17.8 Å². The SMILES string of the molecule is CCCCC/C=C\C/C=C\C(CCCCCCCCC(=O)NCC(=O)O)OC(=O)CCCCCCCCCCCCCCCCCCCCCCCC. The van der Waals surface area contributed by atoms with Gasteiger partial charge in [0.15, 0.2) is 0 Å². The van der Waals surface area contributed by atoms with Crippen LogP contribution in [-0.2, 0) is 19.1 Å². The molecule has 0 bridgehead atoms. The molecule has 0 rings (SSSR count). The van der Waals surface area contributed by atoms with E-state index in [2.05, 4.69) is 43.5 Å². The van der Waals surface area contributed by atoms with E-state index < -0.39 is 5.97 Å². The molecule has 310 valence electrons. The molecule has 1 unspecified atom stereocenters. The van der Waals surface area contributed by atoms with Gasteiger partial charge in [-0.3, -0.25) is 14.4 Å². The number of ether oxygens (including phenoxy) is 1. The van der Waals surface area contributed by atoms with Crippen LogP contribution in [0.1, 0.15) is 245 Å². The topological polar surface area (TPSA) is 92.7 Å². The first-order valence-corrected chi connectivity index (χ1v) is 23.0. The van der Waals surface area contributed by atoms with Crippen LogP contribution in [-0.4, -0.2) is 35.6 Å². The van der Waals surface area contributed by atoms with Gasteiger partial charge < -0.3 is 15.2 Å². The second-order valence-electron chi connectivity index (χ2n) is 15.7. The second-order valence-corrected chi connectivity index (χ2v) is 15.7. The first-order valence-electron chi connectivity index (χ1n) is 23.0. The molecule has 6 heteroatoms. The first kappa shape index (κ1) is 50.9. The molecule has 53 heavy (non-hydrogen) atoms. The third kappa shape index (κ3) is 42.5. The van der Waals surface area contributed by atoms with Gasteiger partial charge in [0.2, 0.25) is 5.91 Å². The third-order valence-electron chi connectivity index (χ3n) is 10.4. The predicted molar refractivity (Wildman–Crippen MR) is 226 cm³/mol. The van der Waals surface area contributed by atoms with Crippen molar-refractivity contribution in [3.63, 3.8) is 0 Å². The van der Waals surface area contributed by atoms with Gasteiger partial charge in [0.05, 0.1) is 0 Å². The van der Waals surface area contributed by atoms with E-state index in [1.807, 2.05) is 0 Å². The predicted octanol–water partition coefficient (Wildman–Crippen LogP) is 14.3. The molecule has 0 fully saturated rings. The molecule has 6 nitrogen and oxygen atoms in total. The number of hydrogen-bond acceptors (Lipinski definition) is 4. The minimum absolute atomic E-state index is 0.0656. The molecule has 1 atom stereocenters. The number of esters is 1. The zero-order valence-electron chi connectivity index (χ0n) is 35.1. The van der Waals surface area contributed by atoms with Gasteiger partial charge >= 0.3 is 11.9 Å². The van der Waals surface area contributed by atoms with E-state index in [1.54, 1.807) is 0 Å². The Bertz CT molecular complexity index is 869. The van der Waals surface area contributed by atoms with Crippen LogP contribution in [0.2, 0.25) is 0 Å². The normalized spacial score (nSPS) is 12.2. The first-order chi connectivity index (χ1) is 26.0. The smallest absolute Gasteiger partial charge is 0.322 e. The zero-order chi connectivity index (χ0) is 38.7. The average molecular weight is 746 g/mol. The quantitative estimate of drug-likeness (QED) is 0.0369. The minimum Gasteiger partial charge on any atom is -0.480 e. The van der Waals surface area contributed by atoms with Gasteiger partial charge in [-0.15, -0.1) is 0 Å². The van der Waals surface area contributed by atoms with Gasteiger partial charge in [-0.1, -0.05) is 205 Å². The third-order valence-corrected chi connectivity index (χ3v) is 10.4. The van der Waals surface area contributed by atoms with Crippen LogP contribution in [0.4, 0.5) is 0 Å². The lowest BCUT2D eigenvalue weighted by Gasteiger charge is -2.14. The zero-order valence-corrected chi connectivity index (χ0v) is 35.1. The average Bonchev–Trinajstić information content (AvgIpc) is 3.14. The Morgan fingerprint density at radius 1 is 0.509 bits per heavy atom. The van der Waals surface area contributed by atoms with Gasteiger partial charge in [0, 0.05) is 12.8 Å². The molecule has 0 aliphatic heterocycles. The lowest BCUT2D eigenvalue weighted by molar-refractivity contribution is -0.147. The van der Waals surface area contributed by atoms with E-state index in [1.165, 1.54) is 148 Å². The number of hydrogen-bond donors (Lipinski definition) is 2. The molecular weight excluding hydrogens is 659 g/mol. The van der Waals surface area contributed by atoms with Gasteiger partial charge in [0.25, 0.3) is 0 Å². The molecule has 2 N–H and O–H groups in total. The van der Waals surface area contributed by atoms with E-state index in [-0.39, 0.29) is 24.5 Å². The molecule has 0 saturated carbocycles. The summed E-state index contributed by atoms with van der Waals surface area (Å²) >= 11 is 0. The van der Waals surface area contributed by atoms with Gasteiger partial charge in [-0.2, -0.15) is 0 Å². The summed E-state index contributed by atoms with van der Waals surface area (Å²) in [7, 11) is 0. The van der Waals surface area contributed by atoms with Crippen LogP contribution in [0, 0.1) is 0 Å². The number of carboxylic acids is 1. The van der Waals surface area contributed by atoms with Crippen molar-refractivity contribution in [3.05, 3.63) is 24.3 Å². The summed E-state index contributed by atoms with van der Waals surface area (Å²) < 4.78 is 5.93. The Hall–Kier alpha value is -2.11. The summed E-state index contributed by atoms with van der Waals surface area (Å²) in [6.45, 7) is 4.21. The fraction of sp³-hybridized carbons (Fsp3) is 0.851. The number of amides is 1. The number of carbonyl (C=O) groups is 3. The van der Waals surface area contributed by atoms with Gasteiger partial charge in [-0.25, -0.2) is 0 Å². The Kier molecular flexibility index (Phi) is 40.9. The molecular formula is C47H87NO5. The highest BCUT2D eigenvalue weighted by molar-refractivity contribution is 5.80. The molecule has 0 aliphatic rings. The lowest BCUT2D eigenvalue weighted by Crippen LogP contribution is -2.28. The number of carboxylic acid groups (broad SMARTS) is 1. The van der Waals surface area contributed by atoms with Crippen molar-refractivity contribution in [3.8, 4) is 0 Å². The highest BCUT2D eigenvalue weighted by atomic mass is 16.5. The van der Waals surface area contributed by atoms with Crippen molar-refractivity contribution in [1.29, 1.82) is 0 Å². The monoisotopic (exact) mass is 746 g/mol. The number of allylic oxidation sites excluding steroid dienone is 3. The van der Waals surface area contributed by atoms with Crippen LogP contribution in [0.3, 0.4) is 0 Å². The maximum atomic E-state index is 12.7. The molecule has 0 aliphatic carbocycles. The van der Waals surface area contributed by atoms with Crippen LogP contribution in [0.25, 0.3) is 0 Å². The molecule has 0 aromatic heterocycles. The number of carbonyl (C=O) groups excluding carboxylic acids is 2. The lowest BCUT2D eigenvalue weighted by atomic mass is 10.0. The number of nitrogens with one attached hydrogen (secondary N) is 1. The Balaban J connectivity index is 3.95. The summed E-state index contributed by atoms with van der Waals surface area (Å²) in [5.41, 5.74) is 0. The molecule has 1 amide bonds. The molecule has 0 aromatic carbocycles. The van der Waals surface area contributed by atoms with Crippen LogP contribution in [0.5, 0.6) is 0 Å². The summed E-state index contributed by atoms with van der Waals surface area (Å²) in [4.78, 5) is 34.9. The number of unbranched alkanes of at least 4 members (excludes halogenated alkanes) is 29. The van der Waals surface area contributed by atoms with Crippen molar-refractivity contribution in [2.24, 2.45) is 0 Å². The molecule has 0 heterocycles. The summed E-state index contributed by atoms with van der Waals surface area (Å²) in [5.74, 6) is -1.28. The fourth-order valence-electron chi connectivity index (χ4n) is 6.94. The van der Waals surface area contributed by atoms with Crippen molar-refractivity contribution in [2.45, 2.75) is 251 Å². The Labute approximate surface area is 328 Å². The summed E-state index contributed by atoms with van der Waals surface area (Å²) in [5, 5.41) is 11.1. The Morgan fingerprint density at radius 3 is 1.40 bits per heavy atom. The second kappa shape index (κ2) is 42.6. The van der Waals surface area contributed by atoms with E-state index in [0.717, 1.165) is 70.6 Å². The number of rotatable bonds is 42. The molecule has 0 aromatic rings. The largest absolute Gasteiger partial charge is 0.480 e. The van der Waals surface area contributed by atoms with Crippen LogP contribution < -0.4 is 5.32 Å². The maximum Gasteiger partial charge on any atom is 0.322 e. The van der Waals surface area contributed by atoms with E-state index in [4.69, 9.17) is 9.84 Å². The van der Waals surface area contributed by atoms with Crippen molar-refractivity contribution in [1.82, 2.24) is 5.32 Å². The van der Waals surface area contributed by atoms with Gasteiger partial charge in [-0.05, 0) is 51.0 Å². The highest BCUT2D eigenvalue weighted by Gasteiger charge is 2.11. The van der Waals surface area contributed by atoms with Crippen LogP contribution >= 0.6 is 0 Å². The molecule has 0 radical (unpaired) electrons. The fourth-order valence-corrected chi connectivity index (χ4v) is 6.94. The van der Waals surface area contributed by atoms with Crippen molar-refractivity contribution in [2.75, 3.05) is 6.54 Å². The number of aliphatic carboxylic acids is 1. The van der Waals surface area contributed by atoms with Crippen LogP contribution in [0.15, 0.2) is 24.3 Å². The summed E-state index contributed by atoms with van der Waals surface area (Å²) in [6, 6.07) is 0. The van der Waals surface area contributed by atoms with Crippen molar-refractivity contribution < 1.29 is 24.2 Å².